The van der Waals surface area contributed by atoms with Crippen LogP contribution in [0.5, 0.6) is 5.75 Å². The molecule has 1 aromatic carbocycles. The van der Waals surface area contributed by atoms with Crippen LogP contribution < -0.4 is 9.64 Å². The molecule has 2 heterocycles. The average molecular weight is 322 g/mol. The third-order valence-corrected chi connectivity index (χ3v) is 3.56. The Morgan fingerprint density at radius 1 is 1.22 bits per heavy atom. The molecular weight excluding hydrogens is 309 g/mol. The molecule has 0 radical (unpaired) electrons. The lowest BCUT2D eigenvalue weighted by atomic mass is 10.1. The summed E-state index contributed by atoms with van der Waals surface area (Å²) in [5.41, 5.74) is 0.380. The van der Waals surface area contributed by atoms with Gasteiger partial charge in [0.05, 0.1) is 24.7 Å². The molecule has 0 bridgehead atoms. The fourth-order valence-electron chi connectivity index (χ4n) is 2.41. The van der Waals surface area contributed by atoms with Crippen molar-refractivity contribution in [3.05, 3.63) is 53.9 Å². The molecule has 0 fully saturated rings. The molecule has 0 N–H and O–H groups in total. The molecule has 1 aromatic heterocycles. The molecule has 1 aliphatic heterocycles. The van der Waals surface area contributed by atoms with E-state index in [9.17, 15) is 18.0 Å². The van der Waals surface area contributed by atoms with Crippen LogP contribution in [0.15, 0.2) is 42.7 Å². The lowest BCUT2D eigenvalue weighted by molar-refractivity contribution is -0.137. The van der Waals surface area contributed by atoms with Gasteiger partial charge >= 0.3 is 6.18 Å². The smallest absolute Gasteiger partial charge is 0.416 e. The van der Waals surface area contributed by atoms with Gasteiger partial charge in [0.2, 0.25) is 5.91 Å². The van der Waals surface area contributed by atoms with Crippen LogP contribution >= 0.6 is 0 Å². The van der Waals surface area contributed by atoms with E-state index in [1.807, 2.05) is 0 Å². The Labute approximate surface area is 130 Å². The number of anilines is 1. The van der Waals surface area contributed by atoms with E-state index in [1.54, 1.807) is 23.4 Å². The van der Waals surface area contributed by atoms with Crippen LogP contribution in [-0.4, -0.2) is 24.0 Å². The molecule has 0 unspecified atom stereocenters. The van der Waals surface area contributed by atoms with Gasteiger partial charge in [0, 0.05) is 12.3 Å². The lowest BCUT2D eigenvalue weighted by Crippen LogP contribution is -2.38. The lowest BCUT2D eigenvalue weighted by Gasteiger charge is -2.29. The van der Waals surface area contributed by atoms with Gasteiger partial charge in [-0.3, -0.25) is 9.78 Å². The number of amides is 1. The number of carbonyl (C=O) groups excluding carboxylic acids is 1. The van der Waals surface area contributed by atoms with Gasteiger partial charge < -0.3 is 9.64 Å². The minimum absolute atomic E-state index is 0.0203. The van der Waals surface area contributed by atoms with Gasteiger partial charge in [0.1, 0.15) is 18.0 Å². The largest absolute Gasteiger partial charge is 0.489 e. The average Bonchev–Trinajstić information content (AvgIpc) is 2.54. The van der Waals surface area contributed by atoms with Gasteiger partial charge in [-0.1, -0.05) is 12.1 Å². The third-order valence-electron chi connectivity index (χ3n) is 3.56. The second-order valence-electron chi connectivity index (χ2n) is 5.11. The van der Waals surface area contributed by atoms with Gasteiger partial charge in [-0.15, -0.1) is 0 Å². The number of nitrogens with zero attached hydrogens (tertiary/aromatic N) is 2. The Hall–Kier alpha value is -2.57. The first-order valence-electron chi connectivity index (χ1n) is 6.98. The van der Waals surface area contributed by atoms with Crippen molar-refractivity contribution < 1.29 is 22.7 Å². The summed E-state index contributed by atoms with van der Waals surface area (Å²) in [7, 11) is 0. The highest BCUT2D eigenvalue weighted by Crippen LogP contribution is 2.31. The molecule has 0 saturated heterocycles. The number of benzene rings is 1. The molecule has 120 valence electrons. The number of ether oxygens (including phenoxy) is 1. The fourth-order valence-corrected chi connectivity index (χ4v) is 2.41. The Morgan fingerprint density at radius 3 is 2.65 bits per heavy atom. The minimum atomic E-state index is -4.38. The van der Waals surface area contributed by atoms with Crippen molar-refractivity contribution in [2.75, 3.05) is 18.1 Å². The van der Waals surface area contributed by atoms with E-state index in [1.165, 1.54) is 12.1 Å². The maximum absolute atomic E-state index is 12.5. The topological polar surface area (TPSA) is 42.4 Å². The van der Waals surface area contributed by atoms with Crippen molar-refractivity contribution in [3.8, 4) is 5.75 Å². The second kappa shape index (κ2) is 5.91. The monoisotopic (exact) mass is 322 g/mol. The number of hydrogen-bond acceptors (Lipinski definition) is 3. The summed E-state index contributed by atoms with van der Waals surface area (Å²) in [6, 6.07) is 6.29. The maximum Gasteiger partial charge on any atom is 0.416 e. The Morgan fingerprint density at radius 2 is 1.96 bits per heavy atom. The number of fused-ring (bicyclic) bond motifs is 1. The van der Waals surface area contributed by atoms with Crippen molar-refractivity contribution in [2.45, 2.75) is 12.6 Å². The summed E-state index contributed by atoms with van der Waals surface area (Å²) in [5, 5.41) is 0. The first-order chi connectivity index (χ1) is 10.9. The van der Waals surface area contributed by atoms with Crippen molar-refractivity contribution in [2.24, 2.45) is 0 Å². The fraction of sp³-hybridized carbons (Fsp3) is 0.250. The van der Waals surface area contributed by atoms with E-state index in [2.05, 4.69) is 4.98 Å². The van der Waals surface area contributed by atoms with Gasteiger partial charge in [-0.25, -0.2) is 0 Å². The van der Waals surface area contributed by atoms with Crippen LogP contribution in [0.2, 0.25) is 0 Å². The van der Waals surface area contributed by atoms with Crippen molar-refractivity contribution in [3.63, 3.8) is 0 Å². The first kappa shape index (κ1) is 15.3. The standard InChI is InChI=1S/C16H13F3N2O2/c17-16(18,19)12-3-1-11(2-4-12)9-15(22)21-7-8-23-14-5-6-20-10-13(14)21/h1-6,10H,7-9H2. The second-order valence-corrected chi connectivity index (χ2v) is 5.11. The predicted octanol–water partition coefficient (Wildman–Crippen LogP) is 3.07. The highest BCUT2D eigenvalue weighted by atomic mass is 19.4. The summed E-state index contributed by atoms with van der Waals surface area (Å²) < 4.78 is 43.1. The number of halogens is 3. The summed E-state index contributed by atoms with van der Waals surface area (Å²) in [4.78, 5) is 18.0. The molecule has 23 heavy (non-hydrogen) atoms. The van der Waals surface area contributed by atoms with E-state index in [0.717, 1.165) is 12.1 Å². The van der Waals surface area contributed by atoms with E-state index >= 15 is 0 Å². The van der Waals surface area contributed by atoms with Crippen molar-refractivity contribution in [1.82, 2.24) is 4.98 Å². The summed E-state index contributed by atoms with van der Waals surface area (Å²) >= 11 is 0. The first-order valence-corrected chi connectivity index (χ1v) is 6.98. The van der Waals surface area contributed by atoms with E-state index in [0.29, 0.717) is 30.2 Å². The Bertz CT molecular complexity index is 714. The number of carbonyl (C=O) groups is 1. The molecule has 7 heteroatoms. The normalized spacial score (nSPS) is 14.1. The molecule has 2 aromatic rings. The number of hydrogen-bond donors (Lipinski definition) is 0. The van der Waals surface area contributed by atoms with Crippen LogP contribution in [0.25, 0.3) is 0 Å². The summed E-state index contributed by atoms with van der Waals surface area (Å²) in [6.07, 6.45) is -1.24. The van der Waals surface area contributed by atoms with Crippen molar-refractivity contribution >= 4 is 11.6 Å². The molecule has 0 saturated carbocycles. The van der Waals surface area contributed by atoms with Crippen LogP contribution in [0.4, 0.5) is 18.9 Å². The van der Waals surface area contributed by atoms with Crippen LogP contribution in [0.1, 0.15) is 11.1 Å². The SMILES string of the molecule is O=C(Cc1ccc(C(F)(F)F)cc1)N1CCOc2ccncc21. The number of rotatable bonds is 2. The quantitative estimate of drug-likeness (QED) is 0.853. The van der Waals surface area contributed by atoms with Crippen LogP contribution in [0, 0.1) is 0 Å². The third kappa shape index (κ3) is 3.28. The predicted molar refractivity (Wildman–Crippen MR) is 77.2 cm³/mol. The van der Waals surface area contributed by atoms with E-state index in [-0.39, 0.29) is 12.3 Å². The van der Waals surface area contributed by atoms with Gasteiger partial charge in [0.15, 0.2) is 0 Å². The van der Waals surface area contributed by atoms with Crippen LogP contribution in [-0.2, 0) is 17.4 Å². The van der Waals surface area contributed by atoms with Gasteiger partial charge in [0.25, 0.3) is 0 Å². The maximum atomic E-state index is 12.5. The molecule has 0 aliphatic carbocycles. The zero-order valence-electron chi connectivity index (χ0n) is 12.0. The zero-order valence-corrected chi connectivity index (χ0v) is 12.0. The number of pyridine rings is 1. The summed E-state index contributed by atoms with van der Waals surface area (Å²) in [5.74, 6) is 0.370. The van der Waals surface area contributed by atoms with Gasteiger partial charge in [-0.05, 0) is 17.7 Å². The van der Waals surface area contributed by atoms with E-state index < -0.39 is 11.7 Å². The summed E-state index contributed by atoms with van der Waals surface area (Å²) in [6.45, 7) is 0.758. The molecule has 0 atom stereocenters. The van der Waals surface area contributed by atoms with Crippen LogP contribution in [0.3, 0.4) is 0 Å². The Kier molecular flexibility index (Phi) is 3.94. The Balaban J connectivity index is 1.75. The highest BCUT2D eigenvalue weighted by Gasteiger charge is 2.30. The van der Waals surface area contributed by atoms with Crippen molar-refractivity contribution in [1.29, 1.82) is 0 Å². The minimum Gasteiger partial charge on any atom is -0.489 e. The molecular formula is C16H13F3N2O2. The molecule has 1 aliphatic rings. The van der Waals surface area contributed by atoms with Gasteiger partial charge in [-0.2, -0.15) is 13.2 Å². The molecule has 3 rings (SSSR count). The number of aromatic nitrogens is 1. The number of alkyl halides is 3. The zero-order chi connectivity index (χ0) is 16.4. The highest BCUT2D eigenvalue weighted by molar-refractivity contribution is 5.96. The molecule has 1 amide bonds. The molecule has 0 spiro atoms. The van der Waals surface area contributed by atoms with E-state index in [4.69, 9.17) is 4.74 Å². The molecule has 4 nitrogen and oxygen atoms in total.